The molecule has 0 heterocycles. The van der Waals surface area contributed by atoms with Gasteiger partial charge in [-0.2, -0.15) is 0 Å². The first-order chi connectivity index (χ1) is 15.7. The van der Waals surface area contributed by atoms with Crippen molar-refractivity contribution in [3.05, 3.63) is 87.9 Å². The lowest BCUT2D eigenvalue weighted by Crippen LogP contribution is -2.42. The molecule has 0 aliphatic carbocycles. The minimum Gasteiger partial charge on any atom is -0.492 e. The smallest absolute Gasteiger partial charge is 0.264 e. The summed E-state index contributed by atoms with van der Waals surface area (Å²) in [4.78, 5) is 12.7. The van der Waals surface area contributed by atoms with Crippen molar-refractivity contribution in [3.63, 3.8) is 0 Å². The van der Waals surface area contributed by atoms with Gasteiger partial charge in [0.1, 0.15) is 18.9 Å². The van der Waals surface area contributed by atoms with Gasteiger partial charge in [0.15, 0.2) is 0 Å². The Morgan fingerprint density at radius 2 is 1.52 bits per heavy atom. The van der Waals surface area contributed by atoms with Gasteiger partial charge >= 0.3 is 0 Å². The number of carbonyl (C=O) groups excluding carboxylic acids is 1. The van der Waals surface area contributed by atoms with E-state index < -0.39 is 15.9 Å². The molecule has 0 fully saturated rings. The molecule has 0 aliphatic heterocycles. The number of ether oxygens (including phenoxy) is 1. The van der Waals surface area contributed by atoms with E-state index in [4.69, 9.17) is 27.9 Å². The van der Waals surface area contributed by atoms with Gasteiger partial charge in [0.05, 0.1) is 17.1 Å². The third kappa shape index (κ3) is 6.63. The van der Waals surface area contributed by atoms with Crippen molar-refractivity contribution in [2.75, 3.05) is 24.0 Å². The Hall–Kier alpha value is -2.74. The van der Waals surface area contributed by atoms with Crippen molar-refractivity contribution < 1.29 is 17.9 Å². The second-order valence-electron chi connectivity index (χ2n) is 7.39. The number of anilines is 1. The van der Waals surface area contributed by atoms with Crippen LogP contribution in [-0.4, -0.2) is 34.0 Å². The molecule has 9 heteroatoms. The molecular formula is C24H24Cl2N2O4S. The molecule has 33 heavy (non-hydrogen) atoms. The lowest BCUT2D eigenvalue weighted by molar-refractivity contribution is -0.119. The van der Waals surface area contributed by atoms with Crippen LogP contribution < -0.4 is 14.4 Å². The molecule has 0 saturated heterocycles. The summed E-state index contributed by atoms with van der Waals surface area (Å²) < 4.78 is 33.4. The number of carbonyl (C=O) groups is 1. The zero-order valence-corrected chi connectivity index (χ0v) is 20.5. The van der Waals surface area contributed by atoms with Crippen molar-refractivity contribution in [2.45, 2.75) is 18.7 Å². The molecule has 1 N–H and O–H groups in total. The lowest BCUT2D eigenvalue weighted by Gasteiger charge is -2.25. The number of hydrogen-bond acceptors (Lipinski definition) is 4. The fourth-order valence-electron chi connectivity index (χ4n) is 3.01. The average Bonchev–Trinajstić information content (AvgIpc) is 2.78. The molecule has 3 rings (SSSR count). The maximum atomic E-state index is 13.4. The second kappa shape index (κ2) is 10.9. The molecular weight excluding hydrogens is 483 g/mol. The van der Waals surface area contributed by atoms with E-state index in [2.05, 4.69) is 5.32 Å². The summed E-state index contributed by atoms with van der Waals surface area (Å²) in [5.74, 6) is 0.168. The normalized spacial score (nSPS) is 11.2. The summed E-state index contributed by atoms with van der Waals surface area (Å²) >= 11 is 11.8. The standard InChI is InChI=1S/C24H24Cl2N2O4S/c1-17-3-8-21(15-18(17)2)28(33(30,31)23-11-6-20(26)7-12-23)16-24(29)27-13-14-32-22-9-4-19(25)5-10-22/h3-12,15H,13-14,16H2,1-2H3,(H,27,29). The van der Waals surface area contributed by atoms with Crippen LogP contribution in [0.4, 0.5) is 5.69 Å². The predicted octanol–water partition coefficient (Wildman–Crippen LogP) is 5.00. The van der Waals surface area contributed by atoms with Gasteiger partial charge in [-0.3, -0.25) is 9.10 Å². The van der Waals surface area contributed by atoms with Gasteiger partial charge in [0.25, 0.3) is 10.0 Å². The molecule has 0 spiro atoms. The first-order valence-corrected chi connectivity index (χ1v) is 12.4. The number of amides is 1. The zero-order chi connectivity index (χ0) is 24.0. The maximum absolute atomic E-state index is 13.4. The van der Waals surface area contributed by atoms with Gasteiger partial charge in [-0.25, -0.2) is 8.42 Å². The van der Waals surface area contributed by atoms with E-state index in [-0.39, 0.29) is 24.6 Å². The van der Waals surface area contributed by atoms with Crippen molar-refractivity contribution in [1.29, 1.82) is 0 Å². The summed E-state index contributed by atoms with van der Waals surface area (Å²) in [6.45, 7) is 3.88. The molecule has 0 atom stereocenters. The van der Waals surface area contributed by atoms with Crippen molar-refractivity contribution in [3.8, 4) is 5.75 Å². The SMILES string of the molecule is Cc1ccc(N(CC(=O)NCCOc2ccc(Cl)cc2)S(=O)(=O)c2ccc(Cl)cc2)cc1C. The molecule has 0 saturated carbocycles. The van der Waals surface area contributed by atoms with E-state index in [1.165, 1.54) is 24.3 Å². The largest absolute Gasteiger partial charge is 0.492 e. The Morgan fingerprint density at radius 1 is 0.909 bits per heavy atom. The maximum Gasteiger partial charge on any atom is 0.264 e. The molecule has 0 radical (unpaired) electrons. The van der Waals surface area contributed by atoms with Gasteiger partial charge in [-0.15, -0.1) is 0 Å². The molecule has 0 aliphatic rings. The van der Waals surface area contributed by atoms with Gasteiger partial charge in [0, 0.05) is 10.0 Å². The minimum atomic E-state index is -4.00. The van der Waals surface area contributed by atoms with Crippen LogP contribution in [-0.2, 0) is 14.8 Å². The van der Waals surface area contributed by atoms with Crippen LogP contribution >= 0.6 is 23.2 Å². The van der Waals surface area contributed by atoms with E-state index in [1.54, 1.807) is 36.4 Å². The van der Waals surface area contributed by atoms with Crippen molar-refractivity contribution in [1.82, 2.24) is 5.32 Å². The number of benzene rings is 3. The number of sulfonamides is 1. The zero-order valence-electron chi connectivity index (χ0n) is 18.2. The van der Waals surface area contributed by atoms with E-state index in [9.17, 15) is 13.2 Å². The summed E-state index contributed by atoms with van der Waals surface area (Å²) in [5, 5.41) is 3.73. The molecule has 1 amide bonds. The number of nitrogens with one attached hydrogen (secondary N) is 1. The van der Waals surface area contributed by atoms with Gasteiger partial charge in [0.2, 0.25) is 5.91 Å². The highest BCUT2D eigenvalue weighted by Gasteiger charge is 2.27. The van der Waals surface area contributed by atoms with Crippen LogP contribution in [0, 0.1) is 13.8 Å². The Labute approximate surface area is 204 Å². The summed E-state index contributed by atoms with van der Waals surface area (Å²) in [5.41, 5.74) is 2.34. The summed E-state index contributed by atoms with van der Waals surface area (Å²) in [6.07, 6.45) is 0. The predicted molar refractivity (Wildman–Crippen MR) is 132 cm³/mol. The second-order valence-corrected chi connectivity index (χ2v) is 10.1. The monoisotopic (exact) mass is 506 g/mol. The number of rotatable bonds is 9. The number of hydrogen-bond donors (Lipinski definition) is 1. The highest BCUT2D eigenvalue weighted by Crippen LogP contribution is 2.26. The number of halogens is 2. The van der Waals surface area contributed by atoms with Crippen LogP contribution in [0.15, 0.2) is 71.6 Å². The van der Waals surface area contributed by atoms with Crippen LogP contribution in [0.25, 0.3) is 0 Å². The quantitative estimate of drug-likeness (QED) is 0.414. The molecule has 0 unspecified atom stereocenters. The highest BCUT2D eigenvalue weighted by molar-refractivity contribution is 7.92. The molecule has 174 valence electrons. The summed E-state index contributed by atoms with van der Waals surface area (Å²) in [7, 11) is -4.00. The first kappa shape index (κ1) is 24.9. The fraction of sp³-hybridized carbons (Fsp3) is 0.208. The van der Waals surface area contributed by atoms with Crippen molar-refractivity contribution >= 4 is 44.8 Å². The number of nitrogens with zero attached hydrogens (tertiary/aromatic N) is 1. The first-order valence-electron chi connectivity index (χ1n) is 10.2. The van der Waals surface area contributed by atoms with Crippen LogP contribution in [0.3, 0.4) is 0 Å². The molecule has 6 nitrogen and oxygen atoms in total. The Balaban J connectivity index is 1.73. The van der Waals surface area contributed by atoms with Gasteiger partial charge in [-0.05, 0) is 85.6 Å². The third-order valence-electron chi connectivity index (χ3n) is 4.97. The van der Waals surface area contributed by atoms with Crippen LogP contribution in [0.2, 0.25) is 10.0 Å². The topological polar surface area (TPSA) is 75.7 Å². The van der Waals surface area contributed by atoms with Crippen LogP contribution in [0.5, 0.6) is 5.75 Å². The van der Waals surface area contributed by atoms with Crippen molar-refractivity contribution in [2.24, 2.45) is 0 Å². The Morgan fingerprint density at radius 3 is 2.12 bits per heavy atom. The van der Waals surface area contributed by atoms with Gasteiger partial charge in [-0.1, -0.05) is 29.3 Å². The Kier molecular flexibility index (Phi) is 8.24. The summed E-state index contributed by atoms with van der Waals surface area (Å²) in [6, 6.07) is 18.0. The third-order valence-corrected chi connectivity index (χ3v) is 7.27. The number of aryl methyl sites for hydroxylation is 2. The van der Waals surface area contributed by atoms with E-state index in [0.717, 1.165) is 15.4 Å². The Bertz CT molecular complexity index is 1210. The van der Waals surface area contributed by atoms with Crippen LogP contribution in [0.1, 0.15) is 11.1 Å². The molecule has 0 aromatic heterocycles. The lowest BCUT2D eigenvalue weighted by atomic mass is 10.1. The average molecular weight is 507 g/mol. The molecule has 3 aromatic carbocycles. The van der Waals surface area contributed by atoms with E-state index in [0.29, 0.717) is 21.5 Å². The van der Waals surface area contributed by atoms with E-state index in [1.807, 2.05) is 19.9 Å². The molecule has 3 aromatic rings. The molecule has 0 bridgehead atoms. The minimum absolute atomic E-state index is 0.0454. The van der Waals surface area contributed by atoms with Gasteiger partial charge < -0.3 is 10.1 Å². The highest BCUT2D eigenvalue weighted by atomic mass is 35.5. The fourth-order valence-corrected chi connectivity index (χ4v) is 4.67. The van der Waals surface area contributed by atoms with E-state index >= 15 is 0 Å².